The van der Waals surface area contributed by atoms with Gasteiger partial charge in [0.25, 0.3) is 0 Å². The summed E-state index contributed by atoms with van der Waals surface area (Å²) in [6, 6.07) is 18.5. The summed E-state index contributed by atoms with van der Waals surface area (Å²) in [7, 11) is 0. The van der Waals surface area contributed by atoms with Gasteiger partial charge in [0.05, 0.1) is 6.54 Å². The van der Waals surface area contributed by atoms with E-state index in [1.807, 2.05) is 18.2 Å². The third kappa shape index (κ3) is 5.40. The molecule has 4 heteroatoms. The Labute approximate surface area is 104 Å². The molecule has 0 saturated heterocycles. The Balaban J connectivity index is 0.000000171. The van der Waals surface area contributed by atoms with Crippen LogP contribution in [0.4, 0.5) is 0 Å². The zero-order valence-corrected chi connectivity index (χ0v) is 10.2. The van der Waals surface area contributed by atoms with Crippen molar-refractivity contribution >= 4 is 11.1 Å². The molecule has 3 N–H and O–H groups in total. The Bertz CT molecular complexity index is 445. The fourth-order valence-electron chi connectivity index (χ4n) is 1.18. The molecule has 90 valence electrons. The summed E-state index contributed by atoms with van der Waals surface area (Å²) in [5.74, 6) is 0. The highest BCUT2D eigenvalue weighted by molar-refractivity contribution is 7.79. The van der Waals surface area contributed by atoms with E-state index in [9.17, 15) is 8.76 Å². The molecule has 2 aromatic carbocycles. The Kier molecular flexibility index (Phi) is 6.17. The topological polar surface area (TPSA) is 67.8 Å². The maximum Gasteiger partial charge on any atom is 0.0997 e. The van der Waals surface area contributed by atoms with Crippen LogP contribution in [-0.2, 0) is 17.6 Å². The van der Waals surface area contributed by atoms with Crippen molar-refractivity contribution < 1.29 is 14.5 Å². The van der Waals surface area contributed by atoms with E-state index in [0.717, 1.165) is 6.54 Å². The van der Waals surface area contributed by atoms with Crippen molar-refractivity contribution in [2.45, 2.75) is 11.4 Å². The Hall–Kier alpha value is -1.49. The van der Waals surface area contributed by atoms with Gasteiger partial charge in [0.2, 0.25) is 0 Å². The van der Waals surface area contributed by atoms with Gasteiger partial charge in [-0.25, -0.2) is 0 Å². The molecule has 1 unspecified atom stereocenters. The second-order valence-electron chi connectivity index (χ2n) is 3.28. The lowest BCUT2D eigenvalue weighted by atomic mass is 10.2. The lowest BCUT2D eigenvalue weighted by Crippen LogP contribution is -2.47. The van der Waals surface area contributed by atoms with Crippen molar-refractivity contribution in [3.8, 4) is 0 Å². The lowest BCUT2D eigenvalue weighted by Gasteiger charge is -2.01. The third-order valence-corrected chi connectivity index (χ3v) is 2.72. The predicted molar refractivity (Wildman–Crippen MR) is 66.7 cm³/mol. The van der Waals surface area contributed by atoms with Crippen LogP contribution in [0.2, 0.25) is 0 Å². The van der Waals surface area contributed by atoms with E-state index in [2.05, 4.69) is 17.9 Å². The number of quaternary nitrogens is 1. The normalized spacial score (nSPS) is 11.2. The van der Waals surface area contributed by atoms with Gasteiger partial charge in [-0.05, 0) is 23.2 Å². The molecule has 0 spiro atoms. The van der Waals surface area contributed by atoms with Crippen molar-refractivity contribution in [1.29, 1.82) is 0 Å². The van der Waals surface area contributed by atoms with Crippen molar-refractivity contribution in [3.05, 3.63) is 66.2 Å². The first-order valence-corrected chi connectivity index (χ1v) is 6.29. The number of hydrogen-bond acceptors (Lipinski definition) is 2. The maximum atomic E-state index is 10.2. The van der Waals surface area contributed by atoms with Crippen LogP contribution in [0.5, 0.6) is 0 Å². The predicted octanol–water partition coefficient (Wildman–Crippen LogP) is 1.35. The molecular weight excluding hydrogens is 234 g/mol. The van der Waals surface area contributed by atoms with Crippen LogP contribution in [0.15, 0.2) is 65.6 Å². The first-order valence-electron chi connectivity index (χ1n) is 5.21. The largest absolute Gasteiger partial charge is 0.768 e. The first kappa shape index (κ1) is 13.6. The molecule has 2 aromatic rings. The van der Waals surface area contributed by atoms with Crippen molar-refractivity contribution in [1.82, 2.24) is 0 Å². The second-order valence-corrected chi connectivity index (χ2v) is 4.22. The van der Waals surface area contributed by atoms with Crippen LogP contribution >= 0.6 is 0 Å². The monoisotopic (exact) mass is 249 g/mol. The fourth-order valence-corrected chi connectivity index (χ4v) is 1.56. The molecule has 0 aromatic heterocycles. The van der Waals surface area contributed by atoms with Gasteiger partial charge in [0, 0.05) is 10.5 Å². The van der Waals surface area contributed by atoms with Gasteiger partial charge in [-0.2, -0.15) is 0 Å². The molecule has 0 aliphatic rings. The highest BCUT2D eigenvalue weighted by atomic mass is 32.2. The first-order chi connectivity index (χ1) is 8.24. The minimum atomic E-state index is -2.08. The SMILES string of the molecule is O=S([O-])c1ccccc1.[NH3+]Cc1ccccc1. The zero-order chi connectivity index (χ0) is 12.5. The molecule has 1 atom stereocenters. The van der Waals surface area contributed by atoms with Crippen LogP contribution in [-0.4, -0.2) is 8.76 Å². The molecule has 3 nitrogen and oxygen atoms in total. The van der Waals surface area contributed by atoms with E-state index in [-0.39, 0.29) is 0 Å². The average Bonchev–Trinajstić information content (AvgIpc) is 2.41. The highest BCUT2D eigenvalue weighted by Gasteiger charge is 1.84. The van der Waals surface area contributed by atoms with E-state index in [1.165, 1.54) is 5.56 Å². The molecular formula is C13H15NO2S. The van der Waals surface area contributed by atoms with Crippen molar-refractivity contribution in [2.75, 3.05) is 0 Å². The Morgan fingerprint density at radius 1 is 0.941 bits per heavy atom. The molecule has 0 radical (unpaired) electrons. The lowest BCUT2D eigenvalue weighted by molar-refractivity contribution is -0.386. The summed E-state index contributed by atoms with van der Waals surface area (Å²) in [5, 5.41) is 0. The van der Waals surface area contributed by atoms with Gasteiger partial charge in [0.1, 0.15) is 0 Å². The van der Waals surface area contributed by atoms with E-state index in [0.29, 0.717) is 4.90 Å². The van der Waals surface area contributed by atoms with Gasteiger partial charge >= 0.3 is 0 Å². The quantitative estimate of drug-likeness (QED) is 0.816. The van der Waals surface area contributed by atoms with Crippen LogP contribution in [0.25, 0.3) is 0 Å². The summed E-state index contributed by atoms with van der Waals surface area (Å²) >= 11 is -2.08. The minimum absolute atomic E-state index is 0.331. The molecule has 0 heterocycles. The van der Waals surface area contributed by atoms with Gasteiger partial charge in [0.15, 0.2) is 0 Å². The molecule has 0 aliphatic carbocycles. The maximum absolute atomic E-state index is 10.2. The van der Waals surface area contributed by atoms with Crippen molar-refractivity contribution in [3.63, 3.8) is 0 Å². The molecule has 17 heavy (non-hydrogen) atoms. The van der Waals surface area contributed by atoms with Crippen LogP contribution in [0.3, 0.4) is 0 Å². The van der Waals surface area contributed by atoms with E-state index in [1.54, 1.807) is 30.3 Å². The zero-order valence-electron chi connectivity index (χ0n) is 9.41. The standard InChI is InChI=1S/C7H9N.C6H6O2S/c8-6-7-4-2-1-3-5-7;7-9(8)6-4-2-1-3-5-6/h1-5H,6,8H2;1-5H,(H,7,8). The molecule has 2 rings (SSSR count). The summed E-state index contributed by atoms with van der Waals surface area (Å²) in [4.78, 5) is 0.331. The summed E-state index contributed by atoms with van der Waals surface area (Å²) in [6.45, 7) is 0.890. The van der Waals surface area contributed by atoms with Gasteiger partial charge in [-0.3, -0.25) is 4.21 Å². The summed E-state index contributed by atoms with van der Waals surface area (Å²) < 4.78 is 20.4. The summed E-state index contributed by atoms with van der Waals surface area (Å²) in [6.07, 6.45) is 0. The molecule has 0 aliphatic heterocycles. The minimum Gasteiger partial charge on any atom is -0.768 e. The van der Waals surface area contributed by atoms with Gasteiger partial charge < -0.3 is 10.3 Å². The summed E-state index contributed by atoms with van der Waals surface area (Å²) in [5.41, 5.74) is 5.05. The molecule has 0 fully saturated rings. The molecule has 0 saturated carbocycles. The number of benzene rings is 2. The van der Waals surface area contributed by atoms with Gasteiger partial charge in [-0.15, -0.1) is 0 Å². The van der Waals surface area contributed by atoms with Crippen LogP contribution in [0.1, 0.15) is 5.56 Å². The fraction of sp³-hybridized carbons (Fsp3) is 0.0769. The van der Waals surface area contributed by atoms with Crippen LogP contribution in [0, 0.1) is 0 Å². The van der Waals surface area contributed by atoms with E-state index in [4.69, 9.17) is 0 Å². The third-order valence-electron chi connectivity index (χ3n) is 2.07. The number of rotatable bonds is 2. The molecule has 0 bridgehead atoms. The van der Waals surface area contributed by atoms with Crippen molar-refractivity contribution in [2.24, 2.45) is 0 Å². The highest BCUT2D eigenvalue weighted by Crippen LogP contribution is 2.00. The Morgan fingerprint density at radius 2 is 1.41 bits per heavy atom. The molecule has 0 amide bonds. The second kappa shape index (κ2) is 7.73. The van der Waals surface area contributed by atoms with Gasteiger partial charge in [-0.1, -0.05) is 48.5 Å². The van der Waals surface area contributed by atoms with E-state index >= 15 is 0 Å². The smallest absolute Gasteiger partial charge is 0.0997 e. The average molecular weight is 249 g/mol. The van der Waals surface area contributed by atoms with Crippen LogP contribution < -0.4 is 5.73 Å². The Morgan fingerprint density at radius 3 is 1.71 bits per heavy atom. The number of hydrogen-bond donors (Lipinski definition) is 1. The van der Waals surface area contributed by atoms with E-state index < -0.39 is 11.1 Å².